The smallest absolute Gasteiger partial charge is 0.305 e. The number of hydrogen-bond donors (Lipinski definition) is 2. The molecule has 1 aromatic carbocycles. The summed E-state index contributed by atoms with van der Waals surface area (Å²) in [5.41, 5.74) is -0.832. The van der Waals surface area contributed by atoms with Gasteiger partial charge in [0.2, 0.25) is 5.91 Å². The standard InChI is InChI=1S/C19H22F2N2O4/c20-13-2-3-14(15(21)10-13)18(27)23-8-4-12(5-9-23)17(26)22-19(6-1-7-19)11-16(24)25/h2-3,10,12H,1,4-9,11H2,(H,22,26)(H,24,25). The summed E-state index contributed by atoms with van der Waals surface area (Å²) in [6, 6.07) is 2.84. The Bertz CT molecular complexity index is 756. The van der Waals surface area contributed by atoms with Crippen LogP contribution in [0.3, 0.4) is 0 Å². The van der Waals surface area contributed by atoms with E-state index in [1.165, 1.54) is 4.90 Å². The van der Waals surface area contributed by atoms with Crippen molar-refractivity contribution >= 4 is 17.8 Å². The highest BCUT2D eigenvalue weighted by Gasteiger charge is 2.42. The van der Waals surface area contributed by atoms with E-state index in [9.17, 15) is 23.2 Å². The molecule has 1 aromatic rings. The van der Waals surface area contributed by atoms with E-state index in [4.69, 9.17) is 5.11 Å². The monoisotopic (exact) mass is 380 g/mol. The molecule has 2 amide bonds. The fourth-order valence-corrected chi connectivity index (χ4v) is 3.78. The Kier molecular flexibility index (Phi) is 5.43. The normalized spacial score (nSPS) is 19.3. The molecule has 2 aliphatic rings. The average Bonchev–Trinajstić information content (AvgIpc) is 2.59. The number of carboxylic acids is 1. The Morgan fingerprint density at radius 2 is 1.85 bits per heavy atom. The highest BCUT2D eigenvalue weighted by Crippen LogP contribution is 2.35. The van der Waals surface area contributed by atoms with Gasteiger partial charge < -0.3 is 15.3 Å². The molecule has 0 atom stereocenters. The van der Waals surface area contributed by atoms with Gasteiger partial charge in [0.05, 0.1) is 17.5 Å². The van der Waals surface area contributed by atoms with E-state index in [-0.39, 0.29) is 23.8 Å². The minimum absolute atomic E-state index is 0.0834. The van der Waals surface area contributed by atoms with Crippen molar-refractivity contribution < 1.29 is 28.3 Å². The summed E-state index contributed by atoms with van der Waals surface area (Å²) in [6.45, 7) is 0.583. The lowest BCUT2D eigenvalue weighted by molar-refractivity contribution is -0.141. The molecule has 1 saturated heterocycles. The van der Waals surface area contributed by atoms with E-state index in [1.54, 1.807) is 0 Å². The van der Waals surface area contributed by atoms with Gasteiger partial charge in [0.25, 0.3) is 5.91 Å². The molecule has 6 nitrogen and oxygen atoms in total. The van der Waals surface area contributed by atoms with Gasteiger partial charge in [-0.3, -0.25) is 14.4 Å². The molecule has 0 spiro atoms. The van der Waals surface area contributed by atoms with E-state index in [1.807, 2.05) is 0 Å². The summed E-state index contributed by atoms with van der Waals surface area (Å²) in [5.74, 6) is -3.59. The van der Waals surface area contributed by atoms with Crippen molar-refractivity contribution in [2.75, 3.05) is 13.1 Å². The SMILES string of the molecule is O=C(O)CC1(NC(=O)C2CCN(C(=O)c3ccc(F)cc3F)CC2)CCC1. The number of aliphatic carboxylic acids is 1. The fourth-order valence-electron chi connectivity index (χ4n) is 3.78. The van der Waals surface area contributed by atoms with E-state index in [2.05, 4.69) is 5.32 Å². The molecule has 1 aliphatic carbocycles. The zero-order valence-electron chi connectivity index (χ0n) is 14.8. The van der Waals surface area contributed by atoms with Crippen LogP contribution in [0.4, 0.5) is 8.78 Å². The van der Waals surface area contributed by atoms with Gasteiger partial charge in [0.1, 0.15) is 11.6 Å². The summed E-state index contributed by atoms with van der Waals surface area (Å²) < 4.78 is 26.8. The first kappa shape index (κ1) is 19.3. The Morgan fingerprint density at radius 3 is 2.37 bits per heavy atom. The number of benzene rings is 1. The number of nitrogens with zero attached hydrogens (tertiary/aromatic N) is 1. The van der Waals surface area contributed by atoms with E-state index < -0.39 is 29.0 Å². The van der Waals surface area contributed by atoms with Gasteiger partial charge in [-0.1, -0.05) is 0 Å². The predicted octanol–water partition coefficient (Wildman–Crippen LogP) is 2.33. The second-order valence-corrected chi connectivity index (χ2v) is 7.38. The molecule has 1 aliphatic heterocycles. The first-order chi connectivity index (χ1) is 12.8. The Balaban J connectivity index is 1.56. The topological polar surface area (TPSA) is 86.7 Å². The van der Waals surface area contributed by atoms with Gasteiger partial charge in [-0.25, -0.2) is 8.78 Å². The maximum Gasteiger partial charge on any atom is 0.305 e. The van der Waals surface area contributed by atoms with E-state index in [0.29, 0.717) is 44.8 Å². The number of likely N-dealkylation sites (tertiary alicyclic amines) is 1. The molecule has 27 heavy (non-hydrogen) atoms. The van der Waals surface area contributed by atoms with Crippen LogP contribution in [0.5, 0.6) is 0 Å². The number of carbonyl (C=O) groups excluding carboxylic acids is 2. The van der Waals surface area contributed by atoms with Crippen molar-refractivity contribution in [3.8, 4) is 0 Å². The first-order valence-corrected chi connectivity index (χ1v) is 9.08. The zero-order valence-corrected chi connectivity index (χ0v) is 14.8. The van der Waals surface area contributed by atoms with E-state index >= 15 is 0 Å². The number of nitrogens with one attached hydrogen (secondary N) is 1. The van der Waals surface area contributed by atoms with Crippen LogP contribution >= 0.6 is 0 Å². The van der Waals surface area contributed by atoms with Gasteiger partial charge in [-0.05, 0) is 44.2 Å². The quantitative estimate of drug-likeness (QED) is 0.821. The molecule has 2 fully saturated rings. The third-order valence-electron chi connectivity index (χ3n) is 5.50. The van der Waals surface area contributed by atoms with Crippen molar-refractivity contribution in [2.24, 2.45) is 5.92 Å². The molecule has 8 heteroatoms. The molecule has 1 heterocycles. The van der Waals surface area contributed by atoms with E-state index in [0.717, 1.165) is 18.6 Å². The maximum atomic E-state index is 13.8. The number of carboxylic acid groups (broad SMARTS) is 1. The number of amides is 2. The van der Waals surface area contributed by atoms with Crippen molar-refractivity contribution in [3.05, 3.63) is 35.4 Å². The molecular weight excluding hydrogens is 358 g/mol. The van der Waals surface area contributed by atoms with Gasteiger partial charge in [-0.2, -0.15) is 0 Å². The molecule has 0 unspecified atom stereocenters. The number of halogens is 2. The minimum atomic E-state index is -0.934. The highest BCUT2D eigenvalue weighted by molar-refractivity contribution is 5.94. The Morgan fingerprint density at radius 1 is 1.19 bits per heavy atom. The highest BCUT2D eigenvalue weighted by atomic mass is 19.1. The molecular formula is C19H22F2N2O4. The predicted molar refractivity (Wildman–Crippen MR) is 92.0 cm³/mol. The summed E-state index contributed by atoms with van der Waals surface area (Å²) in [5, 5.41) is 11.9. The van der Waals surface area contributed by atoms with Crippen LogP contribution in [0.25, 0.3) is 0 Å². The lowest BCUT2D eigenvalue weighted by Crippen LogP contribution is -2.57. The Labute approximate surface area is 155 Å². The third-order valence-corrected chi connectivity index (χ3v) is 5.50. The second kappa shape index (κ2) is 7.62. The molecule has 0 aromatic heterocycles. The van der Waals surface area contributed by atoms with Crippen LogP contribution in [0.2, 0.25) is 0 Å². The molecule has 3 rings (SSSR count). The summed E-state index contributed by atoms with van der Waals surface area (Å²) in [6.07, 6.45) is 2.97. The minimum Gasteiger partial charge on any atom is -0.481 e. The van der Waals surface area contributed by atoms with Crippen molar-refractivity contribution in [3.63, 3.8) is 0 Å². The number of rotatable bonds is 5. The van der Waals surface area contributed by atoms with Crippen molar-refractivity contribution in [1.29, 1.82) is 0 Å². The molecule has 2 N–H and O–H groups in total. The average molecular weight is 380 g/mol. The molecule has 0 bridgehead atoms. The van der Waals surface area contributed by atoms with Gasteiger partial charge in [0.15, 0.2) is 0 Å². The zero-order chi connectivity index (χ0) is 19.6. The van der Waals surface area contributed by atoms with Crippen LogP contribution in [-0.2, 0) is 9.59 Å². The van der Waals surface area contributed by atoms with Crippen LogP contribution in [-0.4, -0.2) is 46.4 Å². The fraction of sp³-hybridized carbons (Fsp3) is 0.526. The Hall–Kier alpha value is -2.51. The molecule has 146 valence electrons. The van der Waals surface area contributed by atoms with Crippen molar-refractivity contribution in [2.45, 2.75) is 44.1 Å². The number of hydrogen-bond acceptors (Lipinski definition) is 3. The van der Waals surface area contributed by atoms with Crippen LogP contribution < -0.4 is 5.32 Å². The van der Waals surface area contributed by atoms with Crippen molar-refractivity contribution in [1.82, 2.24) is 10.2 Å². The van der Waals surface area contributed by atoms with Crippen LogP contribution in [0.15, 0.2) is 18.2 Å². The van der Waals surface area contributed by atoms with Gasteiger partial charge in [-0.15, -0.1) is 0 Å². The number of piperidine rings is 1. The second-order valence-electron chi connectivity index (χ2n) is 7.38. The lowest BCUT2D eigenvalue weighted by atomic mass is 9.74. The van der Waals surface area contributed by atoms with Gasteiger partial charge in [0, 0.05) is 25.1 Å². The molecule has 0 radical (unpaired) electrons. The first-order valence-electron chi connectivity index (χ1n) is 9.08. The summed E-state index contributed by atoms with van der Waals surface area (Å²) >= 11 is 0. The maximum absolute atomic E-state index is 13.8. The molecule has 1 saturated carbocycles. The lowest BCUT2D eigenvalue weighted by Gasteiger charge is -2.43. The van der Waals surface area contributed by atoms with Gasteiger partial charge >= 0.3 is 5.97 Å². The van der Waals surface area contributed by atoms with Crippen LogP contribution in [0, 0.1) is 17.6 Å². The largest absolute Gasteiger partial charge is 0.481 e. The number of carbonyl (C=O) groups is 3. The summed E-state index contributed by atoms with van der Waals surface area (Å²) in [7, 11) is 0. The third kappa shape index (κ3) is 4.26. The summed E-state index contributed by atoms with van der Waals surface area (Å²) in [4.78, 5) is 37.4. The van der Waals surface area contributed by atoms with Crippen LogP contribution in [0.1, 0.15) is 48.9 Å².